The number of carbonyl (C=O) groups excluding carboxylic acids is 1. The lowest BCUT2D eigenvalue weighted by molar-refractivity contribution is -0.116. The van der Waals surface area contributed by atoms with Crippen LogP contribution in [0.3, 0.4) is 0 Å². The number of aromatic nitrogens is 1. The minimum absolute atomic E-state index is 0.112. The van der Waals surface area contributed by atoms with Crippen molar-refractivity contribution in [1.82, 2.24) is 19.6 Å². The molecule has 0 bridgehead atoms. The molecule has 30 heavy (non-hydrogen) atoms. The van der Waals surface area contributed by atoms with Crippen LogP contribution in [0, 0.1) is 0 Å². The number of benzene rings is 1. The molecule has 1 saturated heterocycles. The van der Waals surface area contributed by atoms with Gasteiger partial charge in [0.05, 0.1) is 0 Å². The average molecular weight is 470 g/mol. The molecule has 8 nitrogen and oxygen atoms in total. The molecule has 160 valence electrons. The second-order valence-electron chi connectivity index (χ2n) is 6.70. The number of hydrazine groups is 1. The zero-order valence-electron chi connectivity index (χ0n) is 16.2. The van der Waals surface area contributed by atoms with Gasteiger partial charge in [-0.1, -0.05) is 29.3 Å². The highest BCUT2D eigenvalue weighted by atomic mass is 35.5. The van der Waals surface area contributed by atoms with Gasteiger partial charge >= 0.3 is 0 Å². The van der Waals surface area contributed by atoms with E-state index in [0.29, 0.717) is 47.6 Å². The number of hydrogen-bond donors (Lipinski definition) is 2. The Morgan fingerprint density at radius 1 is 1.13 bits per heavy atom. The zero-order chi connectivity index (χ0) is 21.7. The number of carbonyl (C=O) groups is 1. The second kappa shape index (κ2) is 9.76. The summed E-state index contributed by atoms with van der Waals surface area (Å²) in [7, 11) is -1.63. The van der Waals surface area contributed by atoms with E-state index in [1.807, 2.05) is 7.05 Å². The number of piperazine rings is 1. The maximum absolute atomic E-state index is 12.7. The summed E-state index contributed by atoms with van der Waals surface area (Å²) in [5.41, 5.74) is 5.74. The fourth-order valence-electron chi connectivity index (χ4n) is 2.75. The number of halogens is 2. The van der Waals surface area contributed by atoms with E-state index in [4.69, 9.17) is 23.2 Å². The van der Waals surface area contributed by atoms with E-state index in [1.54, 1.807) is 24.3 Å². The van der Waals surface area contributed by atoms with E-state index in [-0.39, 0.29) is 4.90 Å². The molecular weight excluding hydrogens is 449 g/mol. The summed E-state index contributed by atoms with van der Waals surface area (Å²) < 4.78 is 26.8. The molecule has 11 heteroatoms. The smallest absolute Gasteiger partial charge is 0.262 e. The molecule has 2 heterocycles. The van der Waals surface area contributed by atoms with Gasteiger partial charge in [0, 0.05) is 48.5 Å². The third-order valence-electron chi connectivity index (χ3n) is 4.53. The molecule has 0 atom stereocenters. The third kappa shape index (κ3) is 5.71. The lowest BCUT2D eigenvalue weighted by atomic mass is 10.2. The monoisotopic (exact) mass is 469 g/mol. The molecule has 1 aromatic carbocycles. The van der Waals surface area contributed by atoms with Crippen LogP contribution in [0.1, 0.15) is 5.56 Å². The molecule has 0 aliphatic carbocycles. The number of anilines is 1. The molecule has 0 saturated carbocycles. The number of sulfonamides is 1. The lowest BCUT2D eigenvalue weighted by Crippen LogP contribution is -2.47. The molecule has 0 radical (unpaired) electrons. The molecule has 0 unspecified atom stereocenters. The summed E-state index contributed by atoms with van der Waals surface area (Å²) in [5, 5.41) is 0.936. The van der Waals surface area contributed by atoms with Crippen LogP contribution in [0.15, 0.2) is 47.5 Å². The number of nitrogens with zero attached hydrogens (tertiary/aromatic N) is 3. The highest BCUT2D eigenvalue weighted by Crippen LogP contribution is 2.22. The lowest BCUT2D eigenvalue weighted by Gasteiger charge is -2.31. The molecule has 3 rings (SSSR count). The van der Waals surface area contributed by atoms with E-state index in [1.165, 1.54) is 28.7 Å². The van der Waals surface area contributed by atoms with Crippen molar-refractivity contribution in [2.24, 2.45) is 0 Å². The number of nitrogens with one attached hydrogen (secondary N) is 2. The van der Waals surface area contributed by atoms with Gasteiger partial charge < -0.3 is 4.90 Å². The highest BCUT2D eigenvalue weighted by Gasteiger charge is 2.27. The van der Waals surface area contributed by atoms with Gasteiger partial charge in [0.1, 0.15) is 10.7 Å². The van der Waals surface area contributed by atoms with Crippen molar-refractivity contribution < 1.29 is 13.2 Å². The number of pyridine rings is 1. The Bertz CT molecular complexity index is 1040. The molecular formula is C19H21Cl2N5O3S. The van der Waals surface area contributed by atoms with Gasteiger partial charge in [0.15, 0.2) is 0 Å². The molecule has 1 aliphatic heterocycles. The third-order valence-corrected chi connectivity index (χ3v) is 6.97. The SMILES string of the molecule is CN1CCN(S(=O)(=O)c2ccc(NNC(=O)/C=C/c3ccc(Cl)cc3Cl)nc2)CC1. The molecule has 1 amide bonds. The molecule has 2 N–H and O–H groups in total. The number of rotatable bonds is 6. The van der Waals surface area contributed by atoms with Crippen LogP contribution >= 0.6 is 23.2 Å². The number of hydrogen-bond acceptors (Lipinski definition) is 6. The molecule has 1 aromatic heterocycles. The van der Waals surface area contributed by atoms with Crippen LogP contribution in [0.2, 0.25) is 10.0 Å². The fourth-order valence-corrected chi connectivity index (χ4v) is 4.59. The summed E-state index contributed by atoms with van der Waals surface area (Å²) >= 11 is 11.9. The van der Waals surface area contributed by atoms with Gasteiger partial charge in [0.25, 0.3) is 5.91 Å². The maximum Gasteiger partial charge on any atom is 0.262 e. The van der Waals surface area contributed by atoms with Crippen LogP contribution in [0.4, 0.5) is 5.82 Å². The van der Waals surface area contributed by atoms with Gasteiger partial charge in [-0.05, 0) is 43.0 Å². The van der Waals surface area contributed by atoms with Gasteiger partial charge in [0.2, 0.25) is 10.0 Å². The first-order chi connectivity index (χ1) is 14.3. The first-order valence-electron chi connectivity index (χ1n) is 9.09. The average Bonchev–Trinajstić information content (AvgIpc) is 2.72. The summed E-state index contributed by atoms with van der Waals surface area (Å²) in [5.74, 6) is -0.129. The first-order valence-corrected chi connectivity index (χ1v) is 11.3. The molecule has 2 aromatic rings. The topological polar surface area (TPSA) is 94.6 Å². The van der Waals surface area contributed by atoms with E-state index >= 15 is 0 Å². The van der Waals surface area contributed by atoms with Gasteiger partial charge in [-0.2, -0.15) is 4.31 Å². The predicted octanol–water partition coefficient (Wildman–Crippen LogP) is 2.48. The Morgan fingerprint density at radius 2 is 1.87 bits per heavy atom. The van der Waals surface area contributed by atoms with Crippen LogP contribution < -0.4 is 10.9 Å². The summed E-state index contributed by atoms with van der Waals surface area (Å²) in [6, 6.07) is 7.90. The van der Waals surface area contributed by atoms with E-state index < -0.39 is 15.9 Å². The fraction of sp³-hybridized carbons (Fsp3) is 0.263. The van der Waals surface area contributed by atoms with Crippen molar-refractivity contribution >= 4 is 51.0 Å². The van der Waals surface area contributed by atoms with Gasteiger partial charge in [-0.15, -0.1) is 0 Å². The first kappa shape index (κ1) is 22.5. The largest absolute Gasteiger partial charge is 0.304 e. The summed E-state index contributed by atoms with van der Waals surface area (Å²) in [6.07, 6.45) is 4.12. The highest BCUT2D eigenvalue weighted by molar-refractivity contribution is 7.89. The zero-order valence-corrected chi connectivity index (χ0v) is 18.5. The Kier molecular flexibility index (Phi) is 7.32. The van der Waals surface area contributed by atoms with Crippen molar-refractivity contribution in [3.63, 3.8) is 0 Å². The Hall–Kier alpha value is -2.17. The second-order valence-corrected chi connectivity index (χ2v) is 9.48. The van der Waals surface area contributed by atoms with Crippen molar-refractivity contribution in [2.75, 3.05) is 38.7 Å². The quantitative estimate of drug-likeness (QED) is 0.498. The standard InChI is InChI=1S/C19H21Cl2N5O3S/c1-25-8-10-26(11-9-25)30(28,29)16-5-6-18(22-13-16)23-24-19(27)7-3-14-2-4-15(20)12-17(14)21/h2-7,12-13H,8-11H2,1H3,(H,22,23)(H,24,27)/b7-3+. The van der Waals surface area contributed by atoms with E-state index in [0.717, 1.165) is 0 Å². The van der Waals surface area contributed by atoms with E-state index in [9.17, 15) is 13.2 Å². The minimum Gasteiger partial charge on any atom is -0.304 e. The minimum atomic E-state index is -3.58. The van der Waals surface area contributed by atoms with Crippen LogP contribution in [0.25, 0.3) is 6.08 Å². The molecule has 1 aliphatic rings. The number of likely N-dealkylation sites (N-methyl/N-ethyl adjacent to an activating group) is 1. The molecule has 1 fully saturated rings. The van der Waals surface area contributed by atoms with Crippen molar-refractivity contribution in [3.8, 4) is 0 Å². The Labute approximate surface area is 185 Å². The van der Waals surface area contributed by atoms with Crippen molar-refractivity contribution in [1.29, 1.82) is 0 Å². The number of amides is 1. The molecule has 0 spiro atoms. The van der Waals surface area contributed by atoms with Crippen LogP contribution in [-0.4, -0.2) is 61.7 Å². The maximum atomic E-state index is 12.7. The Morgan fingerprint density at radius 3 is 2.50 bits per heavy atom. The van der Waals surface area contributed by atoms with Gasteiger partial charge in [-0.25, -0.2) is 13.4 Å². The van der Waals surface area contributed by atoms with Crippen molar-refractivity contribution in [3.05, 3.63) is 58.2 Å². The summed E-state index contributed by atoms with van der Waals surface area (Å²) in [4.78, 5) is 18.2. The Balaban J connectivity index is 1.56. The normalized spacial score (nSPS) is 16.0. The van der Waals surface area contributed by atoms with Crippen LogP contribution in [-0.2, 0) is 14.8 Å². The van der Waals surface area contributed by atoms with E-state index in [2.05, 4.69) is 20.7 Å². The predicted molar refractivity (Wildman–Crippen MR) is 118 cm³/mol. The van der Waals surface area contributed by atoms with Gasteiger partial charge in [-0.3, -0.25) is 15.6 Å². The summed E-state index contributed by atoms with van der Waals surface area (Å²) in [6.45, 7) is 2.26. The van der Waals surface area contributed by atoms with Crippen LogP contribution in [0.5, 0.6) is 0 Å². The van der Waals surface area contributed by atoms with Crippen molar-refractivity contribution in [2.45, 2.75) is 4.90 Å².